The minimum Gasteiger partial charge on any atom is -0.481 e. The molecule has 19 heavy (non-hydrogen) atoms. The van der Waals surface area contributed by atoms with Crippen molar-refractivity contribution in [1.82, 2.24) is 4.90 Å². The Kier molecular flexibility index (Phi) is 3.31. The smallest absolute Gasteiger partial charge is 0.305 e. The van der Waals surface area contributed by atoms with Crippen LogP contribution in [0.4, 0.5) is 0 Å². The van der Waals surface area contributed by atoms with Gasteiger partial charge in [0.2, 0.25) is 0 Å². The standard InChI is InChI=1S/C16H21NO2/c18-15(19)10-16(8-4-5-9-16)17-11-14(12-17)13-6-2-1-3-7-13/h1-3,6-7,14H,4-5,8-12H2,(H,18,19). The first-order valence-corrected chi connectivity index (χ1v) is 7.21. The Bertz CT molecular complexity index is 445. The van der Waals surface area contributed by atoms with Crippen LogP contribution in [0.3, 0.4) is 0 Å². The Balaban J connectivity index is 1.66. The molecule has 3 nitrogen and oxygen atoms in total. The highest BCUT2D eigenvalue weighted by atomic mass is 16.4. The summed E-state index contributed by atoms with van der Waals surface area (Å²) < 4.78 is 0. The van der Waals surface area contributed by atoms with E-state index in [0.29, 0.717) is 12.3 Å². The number of aliphatic carboxylic acids is 1. The van der Waals surface area contributed by atoms with E-state index in [2.05, 4.69) is 29.2 Å². The maximum absolute atomic E-state index is 11.1. The molecule has 2 aliphatic rings. The van der Waals surface area contributed by atoms with Gasteiger partial charge in [0, 0.05) is 24.5 Å². The Morgan fingerprint density at radius 3 is 2.42 bits per heavy atom. The first-order valence-electron chi connectivity index (χ1n) is 7.21. The van der Waals surface area contributed by atoms with Gasteiger partial charge in [-0.2, -0.15) is 0 Å². The van der Waals surface area contributed by atoms with Gasteiger partial charge in [-0.1, -0.05) is 43.2 Å². The molecule has 1 aromatic carbocycles. The molecule has 1 aliphatic heterocycles. The van der Waals surface area contributed by atoms with Gasteiger partial charge in [0.25, 0.3) is 0 Å². The third-order valence-electron chi connectivity index (χ3n) is 4.84. The van der Waals surface area contributed by atoms with E-state index < -0.39 is 5.97 Å². The summed E-state index contributed by atoms with van der Waals surface area (Å²) in [6, 6.07) is 10.6. The number of hydrogen-bond donors (Lipinski definition) is 1. The quantitative estimate of drug-likeness (QED) is 0.904. The number of carboxylic acids is 1. The number of carbonyl (C=O) groups is 1. The summed E-state index contributed by atoms with van der Waals surface area (Å²) in [5, 5.41) is 9.16. The predicted molar refractivity (Wildman–Crippen MR) is 74.2 cm³/mol. The Morgan fingerprint density at radius 1 is 1.21 bits per heavy atom. The van der Waals surface area contributed by atoms with Gasteiger partial charge < -0.3 is 5.11 Å². The van der Waals surface area contributed by atoms with E-state index in [1.54, 1.807) is 0 Å². The second kappa shape index (κ2) is 4.97. The third kappa shape index (κ3) is 2.39. The van der Waals surface area contributed by atoms with Crippen molar-refractivity contribution in [2.45, 2.75) is 43.6 Å². The molecule has 0 bridgehead atoms. The Morgan fingerprint density at radius 2 is 1.84 bits per heavy atom. The molecule has 1 aliphatic carbocycles. The highest BCUT2D eigenvalue weighted by Crippen LogP contribution is 2.43. The van der Waals surface area contributed by atoms with E-state index in [-0.39, 0.29) is 5.54 Å². The molecule has 0 aromatic heterocycles. The van der Waals surface area contributed by atoms with Gasteiger partial charge in [-0.25, -0.2) is 0 Å². The van der Waals surface area contributed by atoms with Gasteiger partial charge in [0.1, 0.15) is 0 Å². The van der Waals surface area contributed by atoms with E-state index in [4.69, 9.17) is 5.11 Å². The van der Waals surface area contributed by atoms with Gasteiger partial charge in [-0.15, -0.1) is 0 Å². The number of likely N-dealkylation sites (tertiary alicyclic amines) is 1. The number of nitrogens with zero attached hydrogens (tertiary/aromatic N) is 1. The number of hydrogen-bond acceptors (Lipinski definition) is 2. The summed E-state index contributed by atoms with van der Waals surface area (Å²) >= 11 is 0. The topological polar surface area (TPSA) is 40.5 Å². The first-order chi connectivity index (χ1) is 9.20. The lowest BCUT2D eigenvalue weighted by atomic mass is 9.82. The van der Waals surface area contributed by atoms with Crippen molar-refractivity contribution in [3.05, 3.63) is 35.9 Å². The van der Waals surface area contributed by atoms with E-state index >= 15 is 0 Å². The monoisotopic (exact) mass is 259 g/mol. The zero-order valence-corrected chi connectivity index (χ0v) is 11.2. The summed E-state index contributed by atoms with van der Waals surface area (Å²) in [6.07, 6.45) is 4.79. The highest BCUT2D eigenvalue weighted by molar-refractivity contribution is 5.68. The van der Waals surface area contributed by atoms with E-state index in [9.17, 15) is 4.79 Å². The van der Waals surface area contributed by atoms with Gasteiger partial charge in [0.15, 0.2) is 0 Å². The molecule has 0 unspecified atom stereocenters. The average molecular weight is 259 g/mol. The fraction of sp³-hybridized carbons (Fsp3) is 0.562. The lowest BCUT2D eigenvalue weighted by Crippen LogP contribution is -2.58. The predicted octanol–water partition coefficient (Wildman–Crippen LogP) is 2.87. The fourth-order valence-electron chi connectivity index (χ4n) is 3.72. The first kappa shape index (κ1) is 12.7. The van der Waals surface area contributed by atoms with E-state index in [1.807, 2.05) is 6.07 Å². The van der Waals surface area contributed by atoms with Gasteiger partial charge >= 0.3 is 5.97 Å². The molecule has 1 N–H and O–H groups in total. The second-order valence-electron chi connectivity index (χ2n) is 6.01. The highest BCUT2D eigenvalue weighted by Gasteiger charge is 2.46. The summed E-state index contributed by atoms with van der Waals surface area (Å²) in [6.45, 7) is 2.05. The molecular weight excluding hydrogens is 238 g/mol. The molecular formula is C16H21NO2. The molecule has 1 saturated carbocycles. The Labute approximate surface area is 114 Å². The van der Waals surface area contributed by atoms with Crippen LogP contribution < -0.4 is 0 Å². The number of benzene rings is 1. The fourth-order valence-corrected chi connectivity index (χ4v) is 3.72. The van der Waals surface area contributed by atoms with Crippen molar-refractivity contribution in [1.29, 1.82) is 0 Å². The molecule has 1 heterocycles. The van der Waals surface area contributed by atoms with Crippen LogP contribution in [0.5, 0.6) is 0 Å². The van der Waals surface area contributed by atoms with Crippen LogP contribution in [0.1, 0.15) is 43.6 Å². The molecule has 0 radical (unpaired) electrons. The molecule has 3 heteroatoms. The second-order valence-corrected chi connectivity index (χ2v) is 6.01. The maximum Gasteiger partial charge on any atom is 0.305 e. The van der Waals surface area contributed by atoms with Gasteiger partial charge in [-0.3, -0.25) is 9.69 Å². The number of rotatable bonds is 4. The lowest BCUT2D eigenvalue weighted by molar-refractivity contribution is -0.141. The van der Waals surface area contributed by atoms with Crippen LogP contribution in [0.25, 0.3) is 0 Å². The Hall–Kier alpha value is -1.35. The van der Waals surface area contributed by atoms with Crippen LogP contribution in [0, 0.1) is 0 Å². The van der Waals surface area contributed by atoms with Crippen molar-refractivity contribution in [3.63, 3.8) is 0 Å². The molecule has 1 aromatic rings. The third-order valence-corrected chi connectivity index (χ3v) is 4.84. The van der Waals surface area contributed by atoms with Crippen molar-refractivity contribution >= 4 is 5.97 Å². The van der Waals surface area contributed by atoms with E-state index in [0.717, 1.165) is 25.9 Å². The normalized spacial score (nSPS) is 23.2. The molecule has 2 fully saturated rings. The van der Waals surface area contributed by atoms with Crippen LogP contribution in [0.15, 0.2) is 30.3 Å². The van der Waals surface area contributed by atoms with Gasteiger partial charge in [-0.05, 0) is 18.4 Å². The van der Waals surface area contributed by atoms with Crippen molar-refractivity contribution < 1.29 is 9.90 Å². The maximum atomic E-state index is 11.1. The van der Waals surface area contributed by atoms with Crippen LogP contribution in [-0.2, 0) is 4.79 Å². The zero-order chi connectivity index (χ0) is 13.3. The minimum atomic E-state index is -0.648. The lowest BCUT2D eigenvalue weighted by Gasteiger charge is -2.50. The summed E-state index contributed by atoms with van der Waals surface area (Å²) in [7, 11) is 0. The molecule has 3 rings (SSSR count). The molecule has 0 spiro atoms. The SMILES string of the molecule is O=C(O)CC1(N2CC(c3ccccc3)C2)CCCC1. The van der Waals surface area contributed by atoms with Crippen LogP contribution >= 0.6 is 0 Å². The van der Waals surface area contributed by atoms with Gasteiger partial charge in [0.05, 0.1) is 6.42 Å². The molecule has 0 atom stereocenters. The zero-order valence-electron chi connectivity index (χ0n) is 11.2. The van der Waals surface area contributed by atoms with E-state index in [1.165, 1.54) is 18.4 Å². The number of carboxylic acid groups (broad SMARTS) is 1. The molecule has 102 valence electrons. The average Bonchev–Trinajstić information content (AvgIpc) is 2.76. The van der Waals surface area contributed by atoms with Crippen LogP contribution in [-0.4, -0.2) is 34.6 Å². The largest absolute Gasteiger partial charge is 0.481 e. The summed E-state index contributed by atoms with van der Waals surface area (Å²) in [4.78, 5) is 13.6. The summed E-state index contributed by atoms with van der Waals surface area (Å²) in [5.41, 5.74) is 1.35. The molecule has 0 amide bonds. The minimum absolute atomic E-state index is 0.0445. The van der Waals surface area contributed by atoms with Crippen molar-refractivity contribution in [3.8, 4) is 0 Å². The van der Waals surface area contributed by atoms with Crippen LogP contribution in [0.2, 0.25) is 0 Å². The van der Waals surface area contributed by atoms with Crippen molar-refractivity contribution in [2.24, 2.45) is 0 Å². The van der Waals surface area contributed by atoms with Crippen molar-refractivity contribution in [2.75, 3.05) is 13.1 Å². The molecule has 1 saturated heterocycles. The summed E-state index contributed by atoms with van der Waals surface area (Å²) in [5.74, 6) is -0.0578.